The van der Waals surface area contributed by atoms with Crippen molar-refractivity contribution in [2.75, 3.05) is 27.2 Å². The number of ether oxygens (including phenoxy) is 1. The van der Waals surface area contributed by atoms with E-state index < -0.39 is 0 Å². The highest BCUT2D eigenvalue weighted by Crippen LogP contribution is 2.20. The Morgan fingerprint density at radius 2 is 2.24 bits per heavy atom. The number of aromatic nitrogens is 3. The van der Waals surface area contributed by atoms with E-state index in [1.54, 1.807) is 0 Å². The van der Waals surface area contributed by atoms with Crippen molar-refractivity contribution < 1.29 is 9.53 Å². The highest BCUT2D eigenvalue weighted by atomic mass is 16.5. The van der Waals surface area contributed by atoms with Gasteiger partial charge in [0.25, 0.3) is 5.91 Å². The van der Waals surface area contributed by atoms with Crippen molar-refractivity contribution in [3.63, 3.8) is 0 Å². The van der Waals surface area contributed by atoms with Crippen LogP contribution in [0.2, 0.25) is 0 Å². The van der Waals surface area contributed by atoms with E-state index in [0.717, 1.165) is 50.3 Å². The van der Waals surface area contributed by atoms with E-state index in [1.165, 1.54) is 0 Å². The zero-order valence-electron chi connectivity index (χ0n) is 12.8. The molecule has 3 rings (SSSR count). The van der Waals surface area contributed by atoms with Crippen LogP contribution >= 0.6 is 0 Å². The van der Waals surface area contributed by atoms with Crippen LogP contribution in [-0.2, 0) is 29.2 Å². The van der Waals surface area contributed by atoms with Crippen molar-refractivity contribution in [3.05, 3.63) is 11.4 Å². The molecule has 1 atom stereocenters. The van der Waals surface area contributed by atoms with Crippen LogP contribution in [0.25, 0.3) is 0 Å². The predicted molar refractivity (Wildman–Crippen MR) is 76.4 cm³/mol. The summed E-state index contributed by atoms with van der Waals surface area (Å²) in [7, 11) is 4.02. The van der Waals surface area contributed by atoms with Crippen molar-refractivity contribution in [2.45, 2.75) is 45.0 Å². The maximum atomic E-state index is 12.6. The lowest BCUT2D eigenvalue weighted by Gasteiger charge is -2.23. The van der Waals surface area contributed by atoms with Crippen LogP contribution in [0.1, 0.15) is 30.7 Å². The molecule has 1 aromatic rings. The van der Waals surface area contributed by atoms with Crippen LogP contribution in [0.3, 0.4) is 0 Å². The molecule has 0 N–H and O–H groups in total. The zero-order valence-corrected chi connectivity index (χ0v) is 12.8. The molecule has 2 aliphatic heterocycles. The molecular formula is C14H23N5O2. The van der Waals surface area contributed by atoms with E-state index in [9.17, 15) is 4.79 Å². The number of aryl methyl sites for hydroxylation is 1. The molecule has 0 radical (unpaired) electrons. The first kappa shape index (κ1) is 14.5. The summed E-state index contributed by atoms with van der Waals surface area (Å²) in [6, 6.07) is 0. The number of carbonyl (C=O) groups is 1. The van der Waals surface area contributed by atoms with Gasteiger partial charge in [0.1, 0.15) is 11.8 Å². The Hall–Kier alpha value is -1.47. The first-order chi connectivity index (χ1) is 10.1. The molecule has 21 heavy (non-hydrogen) atoms. The number of hydrogen-bond acceptors (Lipinski definition) is 5. The van der Waals surface area contributed by atoms with Crippen LogP contribution in [0.4, 0.5) is 0 Å². The van der Waals surface area contributed by atoms with Crippen molar-refractivity contribution in [2.24, 2.45) is 0 Å². The highest BCUT2D eigenvalue weighted by Gasteiger charge is 2.30. The fourth-order valence-electron chi connectivity index (χ4n) is 2.98. The molecule has 1 amide bonds. The van der Waals surface area contributed by atoms with Gasteiger partial charge in [-0.3, -0.25) is 4.79 Å². The minimum absolute atomic E-state index is 0.123. The number of rotatable bonds is 3. The fraction of sp³-hybridized carbons (Fsp3) is 0.786. The topological polar surface area (TPSA) is 63.5 Å². The maximum absolute atomic E-state index is 12.6. The molecule has 1 saturated heterocycles. The molecule has 0 spiro atoms. The summed E-state index contributed by atoms with van der Waals surface area (Å²) < 4.78 is 7.48. The molecule has 1 fully saturated rings. The van der Waals surface area contributed by atoms with Gasteiger partial charge in [-0.05, 0) is 33.4 Å². The monoisotopic (exact) mass is 293 g/mol. The Labute approximate surface area is 124 Å². The standard InChI is InChI=1S/C14H23N5O2/c1-17(2)9-11-12-10-18(6-4-7-19(12)16-15-11)14(20)13-5-3-8-21-13/h13H,3-10H2,1-2H3/t13-/m1/s1. The molecule has 7 nitrogen and oxygen atoms in total. The maximum Gasteiger partial charge on any atom is 0.252 e. The lowest BCUT2D eigenvalue weighted by atomic mass is 10.2. The molecule has 0 unspecified atom stereocenters. The quantitative estimate of drug-likeness (QED) is 0.799. The van der Waals surface area contributed by atoms with Crippen LogP contribution < -0.4 is 0 Å². The summed E-state index contributed by atoms with van der Waals surface area (Å²) in [6.45, 7) is 3.64. The summed E-state index contributed by atoms with van der Waals surface area (Å²) >= 11 is 0. The van der Waals surface area contributed by atoms with Crippen molar-refractivity contribution >= 4 is 5.91 Å². The first-order valence-corrected chi connectivity index (χ1v) is 7.61. The number of carbonyl (C=O) groups excluding carboxylic acids is 1. The smallest absolute Gasteiger partial charge is 0.252 e. The Balaban J connectivity index is 1.77. The van der Waals surface area contributed by atoms with Gasteiger partial charge in [0.2, 0.25) is 0 Å². The molecule has 2 aliphatic rings. The van der Waals surface area contributed by atoms with Crippen molar-refractivity contribution in [1.82, 2.24) is 24.8 Å². The van der Waals surface area contributed by atoms with Crippen LogP contribution in [0.15, 0.2) is 0 Å². The Bertz CT molecular complexity index is 507. The molecule has 116 valence electrons. The minimum atomic E-state index is -0.246. The molecule has 0 saturated carbocycles. The number of fused-ring (bicyclic) bond motifs is 1. The van der Waals surface area contributed by atoms with E-state index in [4.69, 9.17) is 4.74 Å². The van der Waals surface area contributed by atoms with Crippen LogP contribution in [0, 0.1) is 0 Å². The normalized spacial score (nSPS) is 22.4. The van der Waals surface area contributed by atoms with E-state index in [0.29, 0.717) is 13.2 Å². The van der Waals surface area contributed by atoms with Gasteiger partial charge < -0.3 is 14.5 Å². The Kier molecular flexibility index (Phi) is 4.21. The minimum Gasteiger partial charge on any atom is -0.368 e. The molecule has 7 heteroatoms. The average Bonchev–Trinajstić information content (AvgIpc) is 3.04. The van der Waals surface area contributed by atoms with Crippen LogP contribution in [0.5, 0.6) is 0 Å². The molecule has 0 aliphatic carbocycles. The van der Waals surface area contributed by atoms with Crippen molar-refractivity contribution in [1.29, 1.82) is 0 Å². The largest absolute Gasteiger partial charge is 0.368 e. The SMILES string of the molecule is CN(C)Cc1nnn2c1CN(C(=O)[C@H]1CCCO1)CCC2. The second-order valence-electron chi connectivity index (χ2n) is 6.06. The Morgan fingerprint density at radius 1 is 1.38 bits per heavy atom. The van der Waals surface area contributed by atoms with Gasteiger partial charge in [-0.1, -0.05) is 5.21 Å². The average molecular weight is 293 g/mol. The number of nitrogens with zero attached hydrogens (tertiary/aromatic N) is 5. The highest BCUT2D eigenvalue weighted by molar-refractivity contribution is 5.81. The van der Waals surface area contributed by atoms with E-state index in [-0.39, 0.29) is 12.0 Å². The third-order valence-electron chi connectivity index (χ3n) is 4.04. The van der Waals surface area contributed by atoms with Gasteiger partial charge in [-0.25, -0.2) is 4.68 Å². The van der Waals surface area contributed by atoms with Gasteiger partial charge >= 0.3 is 0 Å². The van der Waals surface area contributed by atoms with Gasteiger partial charge in [0, 0.05) is 26.2 Å². The van der Waals surface area contributed by atoms with E-state index >= 15 is 0 Å². The summed E-state index contributed by atoms with van der Waals surface area (Å²) in [5.74, 6) is 0.123. The predicted octanol–water partition coefficient (Wildman–Crippen LogP) is 0.251. The zero-order chi connectivity index (χ0) is 14.8. The van der Waals surface area contributed by atoms with Gasteiger partial charge in [-0.15, -0.1) is 5.10 Å². The molecule has 0 aromatic carbocycles. The lowest BCUT2D eigenvalue weighted by molar-refractivity contribution is -0.141. The summed E-state index contributed by atoms with van der Waals surface area (Å²) in [5.41, 5.74) is 2.03. The van der Waals surface area contributed by atoms with E-state index in [1.807, 2.05) is 23.7 Å². The molecular weight excluding hydrogens is 270 g/mol. The fourth-order valence-corrected chi connectivity index (χ4v) is 2.98. The third kappa shape index (κ3) is 3.08. The summed E-state index contributed by atoms with van der Waals surface area (Å²) in [4.78, 5) is 16.5. The second-order valence-corrected chi connectivity index (χ2v) is 6.06. The molecule has 3 heterocycles. The van der Waals surface area contributed by atoms with Gasteiger partial charge in [0.15, 0.2) is 0 Å². The summed E-state index contributed by atoms with van der Waals surface area (Å²) in [5, 5.41) is 8.50. The number of amides is 1. The second kappa shape index (κ2) is 6.11. The van der Waals surface area contributed by atoms with Crippen molar-refractivity contribution in [3.8, 4) is 0 Å². The lowest BCUT2D eigenvalue weighted by Crippen LogP contribution is -2.38. The van der Waals surface area contributed by atoms with E-state index in [2.05, 4.69) is 15.2 Å². The summed E-state index contributed by atoms with van der Waals surface area (Å²) in [6.07, 6.45) is 2.49. The Morgan fingerprint density at radius 3 is 2.95 bits per heavy atom. The van der Waals surface area contributed by atoms with Gasteiger partial charge in [0.05, 0.1) is 12.2 Å². The molecule has 0 bridgehead atoms. The van der Waals surface area contributed by atoms with Gasteiger partial charge in [-0.2, -0.15) is 0 Å². The first-order valence-electron chi connectivity index (χ1n) is 7.61. The third-order valence-corrected chi connectivity index (χ3v) is 4.04. The number of hydrogen-bond donors (Lipinski definition) is 0. The molecule has 1 aromatic heterocycles. The van der Waals surface area contributed by atoms with Crippen LogP contribution in [-0.4, -0.2) is 64.1 Å².